The molecule has 0 atom stereocenters. The number of fused-ring (bicyclic) bond motifs is 1. The molecule has 29 heavy (non-hydrogen) atoms. The first-order valence-electron chi connectivity index (χ1n) is 8.84. The van der Waals surface area contributed by atoms with E-state index in [2.05, 4.69) is 21.6 Å². The molecule has 0 saturated heterocycles. The van der Waals surface area contributed by atoms with E-state index in [1.165, 1.54) is 23.1 Å². The van der Waals surface area contributed by atoms with Crippen LogP contribution in [0.1, 0.15) is 32.3 Å². The first-order chi connectivity index (χ1) is 14.1. The molecular weight excluding hydrogens is 404 g/mol. The molecule has 2 aromatic heterocycles. The van der Waals surface area contributed by atoms with E-state index >= 15 is 0 Å². The zero-order valence-electron chi connectivity index (χ0n) is 15.5. The van der Waals surface area contributed by atoms with Crippen molar-refractivity contribution in [1.29, 1.82) is 5.26 Å². The van der Waals surface area contributed by atoms with Crippen LogP contribution in [0.2, 0.25) is 0 Å². The Labute approximate surface area is 175 Å². The van der Waals surface area contributed by atoms with Crippen molar-refractivity contribution < 1.29 is 9.21 Å². The van der Waals surface area contributed by atoms with E-state index in [0.717, 1.165) is 25.9 Å². The van der Waals surface area contributed by atoms with Crippen molar-refractivity contribution in [3.8, 4) is 6.07 Å². The van der Waals surface area contributed by atoms with Crippen LogP contribution in [-0.2, 0) is 12.3 Å². The fourth-order valence-electron chi connectivity index (χ4n) is 2.91. The Balaban J connectivity index is 1.56. The maximum absolute atomic E-state index is 12.9. The lowest BCUT2D eigenvalue weighted by atomic mass is 10.1. The molecular formula is C21H16N4O2S2. The molecule has 2 aromatic carbocycles. The average Bonchev–Trinajstić information content (AvgIpc) is 3.33. The minimum absolute atomic E-state index is 0.285. The van der Waals surface area contributed by atoms with Crippen LogP contribution in [0.4, 0.5) is 0 Å². The second-order valence-corrected chi connectivity index (χ2v) is 8.68. The van der Waals surface area contributed by atoms with Gasteiger partial charge >= 0.3 is 0 Å². The van der Waals surface area contributed by atoms with Crippen LogP contribution in [0.5, 0.6) is 0 Å². The van der Waals surface area contributed by atoms with Gasteiger partial charge in [-0.05, 0) is 30.7 Å². The van der Waals surface area contributed by atoms with Gasteiger partial charge in [0.15, 0.2) is 10.1 Å². The summed E-state index contributed by atoms with van der Waals surface area (Å²) in [5.41, 5.74) is 2.92. The molecule has 8 heteroatoms. The monoisotopic (exact) mass is 420 g/mol. The Morgan fingerprint density at radius 2 is 2.10 bits per heavy atom. The summed E-state index contributed by atoms with van der Waals surface area (Å²) in [6.45, 7) is 2.22. The summed E-state index contributed by atoms with van der Waals surface area (Å²) in [6, 6.07) is 16.9. The number of hydrogen-bond acceptors (Lipinski definition) is 7. The van der Waals surface area contributed by atoms with Gasteiger partial charge in [0.25, 0.3) is 5.91 Å². The van der Waals surface area contributed by atoms with Gasteiger partial charge in [-0.1, -0.05) is 53.4 Å². The average molecular weight is 421 g/mol. The molecule has 0 spiro atoms. The molecule has 144 valence electrons. The number of aryl methyl sites for hydroxylation is 1. The van der Waals surface area contributed by atoms with E-state index in [4.69, 9.17) is 9.68 Å². The molecule has 6 nitrogen and oxygen atoms in total. The quantitative estimate of drug-likeness (QED) is 0.455. The molecule has 0 aliphatic heterocycles. The number of aromatic nitrogens is 2. The number of nitrogens with zero attached hydrogens (tertiary/aromatic N) is 3. The van der Waals surface area contributed by atoms with Crippen molar-refractivity contribution in [2.45, 2.75) is 23.6 Å². The van der Waals surface area contributed by atoms with E-state index < -0.39 is 0 Å². The number of nitriles is 1. The lowest BCUT2D eigenvalue weighted by molar-refractivity contribution is 0.0924. The van der Waals surface area contributed by atoms with E-state index in [-0.39, 0.29) is 5.91 Å². The van der Waals surface area contributed by atoms with Gasteiger partial charge in [-0.2, -0.15) is 5.26 Å². The third-order valence-corrected chi connectivity index (χ3v) is 6.26. The maximum Gasteiger partial charge on any atom is 0.287 e. The normalized spacial score (nSPS) is 10.8. The van der Waals surface area contributed by atoms with Gasteiger partial charge < -0.3 is 9.73 Å². The highest BCUT2D eigenvalue weighted by atomic mass is 32.2. The van der Waals surface area contributed by atoms with Crippen LogP contribution in [-0.4, -0.2) is 16.1 Å². The largest absolute Gasteiger partial charge is 0.451 e. The summed E-state index contributed by atoms with van der Waals surface area (Å²) in [5.74, 6) is 0.571. The van der Waals surface area contributed by atoms with Gasteiger partial charge in [-0.3, -0.25) is 4.79 Å². The first-order valence-corrected chi connectivity index (χ1v) is 10.6. The molecule has 4 aromatic rings. The van der Waals surface area contributed by atoms with Gasteiger partial charge in [0.05, 0.1) is 11.6 Å². The second-order valence-electron chi connectivity index (χ2n) is 6.28. The molecule has 2 heterocycles. The number of furan rings is 1. The molecule has 1 amide bonds. The van der Waals surface area contributed by atoms with Crippen molar-refractivity contribution in [2.75, 3.05) is 0 Å². The highest BCUT2D eigenvalue weighted by molar-refractivity contribution is 8.00. The Kier molecular flexibility index (Phi) is 5.60. The fourth-order valence-corrected chi connectivity index (χ4v) is 4.75. The fraction of sp³-hybridized carbons (Fsp3) is 0.143. The van der Waals surface area contributed by atoms with E-state index in [1.54, 1.807) is 18.2 Å². The zero-order valence-corrected chi connectivity index (χ0v) is 17.1. The lowest BCUT2D eigenvalue weighted by Crippen LogP contribution is -2.23. The van der Waals surface area contributed by atoms with Crippen molar-refractivity contribution in [3.63, 3.8) is 0 Å². The lowest BCUT2D eigenvalue weighted by Gasteiger charge is -2.06. The van der Waals surface area contributed by atoms with Crippen molar-refractivity contribution in [3.05, 3.63) is 76.0 Å². The third-order valence-electron chi connectivity index (χ3n) is 4.26. The number of hydrogen-bond donors (Lipinski definition) is 1. The molecule has 0 bridgehead atoms. The van der Waals surface area contributed by atoms with Crippen LogP contribution in [0, 0.1) is 18.3 Å². The van der Waals surface area contributed by atoms with E-state index in [9.17, 15) is 4.79 Å². The molecule has 0 saturated carbocycles. The maximum atomic E-state index is 12.9. The third kappa shape index (κ3) is 4.31. The molecule has 4 rings (SSSR count). The molecule has 1 N–H and O–H groups in total. The predicted molar refractivity (Wildman–Crippen MR) is 113 cm³/mol. The number of benzene rings is 2. The van der Waals surface area contributed by atoms with Crippen LogP contribution in [0.25, 0.3) is 11.0 Å². The second kappa shape index (κ2) is 8.47. The smallest absolute Gasteiger partial charge is 0.287 e. The van der Waals surface area contributed by atoms with Gasteiger partial charge in [0, 0.05) is 23.2 Å². The Morgan fingerprint density at radius 3 is 2.90 bits per heavy atom. The van der Waals surface area contributed by atoms with Gasteiger partial charge in [0.2, 0.25) is 0 Å². The van der Waals surface area contributed by atoms with Crippen LogP contribution in [0.15, 0.2) is 57.3 Å². The summed E-state index contributed by atoms with van der Waals surface area (Å²) in [6.07, 6.45) is 0. The summed E-state index contributed by atoms with van der Waals surface area (Å²) in [5, 5.41) is 21.9. The Morgan fingerprint density at radius 1 is 1.24 bits per heavy atom. The molecule has 0 unspecified atom stereocenters. The van der Waals surface area contributed by atoms with Crippen LogP contribution in [0.3, 0.4) is 0 Å². The highest BCUT2D eigenvalue weighted by Crippen LogP contribution is 2.33. The SMILES string of the molecule is Cc1nnc(SCc2c(C(=O)NCc3cccc(C#N)c3)oc3ccccc23)s1. The zero-order chi connectivity index (χ0) is 20.2. The summed E-state index contributed by atoms with van der Waals surface area (Å²) in [4.78, 5) is 12.9. The number of para-hydroxylation sites is 1. The number of nitrogens with one attached hydrogen (secondary N) is 1. The number of thioether (sulfide) groups is 1. The summed E-state index contributed by atoms with van der Waals surface area (Å²) < 4.78 is 6.73. The number of carbonyl (C=O) groups excluding carboxylic acids is 1. The first kappa shape index (κ1) is 19.2. The minimum atomic E-state index is -0.285. The van der Waals surface area contributed by atoms with Crippen LogP contribution >= 0.6 is 23.1 Å². The highest BCUT2D eigenvalue weighted by Gasteiger charge is 2.21. The van der Waals surface area contributed by atoms with Gasteiger partial charge in [0.1, 0.15) is 10.6 Å². The summed E-state index contributed by atoms with van der Waals surface area (Å²) >= 11 is 3.06. The molecule has 0 fully saturated rings. The predicted octanol–water partition coefficient (Wildman–Crippen LogP) is 4.69. The summed E-state index contributed by atoms with van der Waals surface area (Å²) in [7, 11) is 0. The number of amides is 1. The topological polar surface area (TPSA) is 91.8 Å². The Hall–Kier alpha value is -3.15. The number of carbonyl (C=O) groups is 1. The Bertz CT molecular complexity index is 1220. The van der Waals surface area contributed by atoms with Crippen molar-refractivity contribution >= 4 is 40.0 Å². The van der Waals surface area contributed by atoms with Crippen molar-refractivity contribution in [2.24, 2.45) is 0 Å². The van der Waals surface area contributed by atoms with E-state index in [0.29, 0.717) is 29.2 Å². The molecule has 0 aliphatic rings. The van der Waals surface area contributed by atoms with Crippen molar-refractivity contribution in [1.82, 2.24) is 15.5 Å². The molecule has 0 radical (unpaired) electrons. The molecule has 0 aliphatic carbocycles. The number of rotatable bonds is 6. The van der Waals surface area contributed by atoms with Gasteiger partial charge in [-0.25, -0.2) is 0 Å². The minimum Gasteiger partial charge on any atom is -0.451 e. The van der Waals surface area contributed by atoms with Crippen LogP contribution < -0.4 is 5.32 Å². The standard InChI is InChI=1S/C21H16N4O2S2/c1-13-24-25-21(29-13)28-12-17-16-7-2-3-8-18(16)27-19(17)20(26)23-11-15-6-4-5-14(9-15)10-22/h2-9H,11-12H2,1H3,(H,23,26). The van der Waals surface area contributed by atoms with Gasteiger partial charge in [-0.15, -0.1) is 10.2 Å². The van der Waals surface area contributed by atoms with E-state index in [1.807, 2.05) is 37.3 Å².